The van der Waals surface area contributed by atoms with Gasteiger partial charge in [-0.1, -0.05) is 13.8 Å². The molecule has 0 aromatic heterocycles. The van der Waals surface area contributed by atoms with Crippen molar-refractivity contribution in [1.82, 2.24) is 5.32 Å². The molecule has 0 atom stereocenters. The average Bonchev–Trinajstić information content (AvgIpc) is 2.28. The highest BCUT2D eigenvalue weighted by molar-refractivity contribution is 5.79. The van der Waals surface area contributed by atoms with E-state index in [1.54, 1.807) is 0 Å². The van der Waals surface area contributed by atoms with E-state index in [1.807, 2.05) is 51.3 Å². The van der Waals surface area contributed by atoms with E-state index in [1.165, 1.54) is 0 Å². The molecule has 0 aliphatic heterocycles. The van der Waals surface area contributed by atoms with E-state index in [2.05, 4.69) is 24.2 Å². The normalized spacial score (nSPS) is 12.3. The van der Waals surface area contributed by atoms with Crippen LogP contribution in [0, 0.1) is 0 Å². The third-order valence-corrected chi connectivity index (χ3v) is 2.34. The molecule has 1 aromatic carbocycles. The molecule has 0 spiro atoms. The standard InChI is InChI=1S/C16H26N2O/c1-13(2)18-11-10-17-12-14-6-8-15(9-7-14)19-16(3,4)5/h6-9,12-13,18H,10-11H2,1-5H3/b17-12+. The van der Waals surface area contributed by atoms with Gasteiger partial charge in [0.1, 0.15) is 11.4 Å². The molecule has 1 rings (SSSR count). The van der Waals surface area contributed by atoms with E-state index in [0.717, 1.165) is 24.4 Å². The van der Waals surface area contributed by atoms with Gasteiger partial charge in [-0.25, -0.2) is 0 Å². The average molecular weight is 262 g/mol. The number of ether oxygens (including phenoxy) is 1. The van der Waals surface area contributed by atoms with Crippen molar-refractivity contribution in [2.24, 2.45) is 4.99 Å². The summed E-state index contributed by atoms with van der Waals surface area (Å²) in [7, 11) is 0. The Morgan fingerprint density at radius 2 is 1.84 bits per heavy atom. The first kappa shape index (κ1) is 15.7. The topological polar surface area (TPSA) is 33.6 Å². The predicted molar refractivity (Wildman–Crippen MR) is 82.4 cm³/mol. The second-order valence-corrected chi connectivity index (χ2v) is 5.93. The Morgan fingerprint density at radius 1 is 1.21 bits per heavy atom. The zero-order chi connectivity index (χ0) is 14.3. The van der Waals surface area contributed by atoms with Crippen LogP contribution < -0.4 is 10.1 Å². The van der Waals surface area contributed by atoms with Gasteiger partial charge in [0.05, 0.1) is 6.54 Å². The maximum Gasteiger partial charge on any atom is 0.120 e. The Morgan fingerprint density at radius 3 is 2.37 bits per heavy atom. The van der Waals surface area contributed by atoms with Gasteiger partial charge in [0.15, 0.2) is 0 Å². The molecule has 0 aliphatic rings. The minimum atomic E-state index is -0.155. The monoisotopic (exact) mass is 262 g/mol. The molecule has 0 amide bonds. The molecular weight excluding hydrogens is 236 g/mol. The fraction of sp³-hybridized carbons (Fsp3) is 0.562. The SMILES string of the molecule is CC(C)NCC/N=C/c1ccc(OC(C)(C)C)cc1. The first-order valence-electron chi connectivity index (χ1n) is 6.89. The molecule has 0 saturated carbocycles. The summed E-state index contributed by atoms with van der Waals surface area (Å²) in [6, 6.07) is 8.54. The Kier molecular flexibility index (Phi) is 6.03. The van der Waals surface area contributed by atoms with Crippen LogP contribution in [0.1, 0.15) is 40.2 Å². The summed E-state index contributed by atoms with van der Waals surface area (Å²) in [5.74, 6) is 0.895. The van der Waals surface area contributed by atoms with Gasteiger partial charge in [-0.2, -0.15) is 0 Å². The first-order valence-corrected chi connectivity index (χ1v) is 6.89. The minimum absolute atomic E-state index is 0.155. The molecule has 0 aliphatic carbocycles. The summed E-state index contributed by atoms with van der Waals surface area (Å²) in [5.41, 5.74) is 0.948. The fourth-order valence-electron chi connectivity index (χ4n) is 1.56. The van der Waals surface area contributed by atoms with Crippen LogP contribution in [-0.4, -0.2) is 30.9 Å². The zero-order valence-corrected chi connectivity index (χ0v) is 12.7. The molecule has 0 saturated heterocycles. The van der Waals surface area contributed by atoms with Crippen LogP contribution in [0.4, 0.5) is 0 Å². The predicted octanol–water partition coefficient (Wildman–Crippen LogP) is 3.28. The lowest BCUT2D eigenvalue weighted by Gasteiger charge is -2.21. The van der Waals surface area contributed by atoms with E-state index >= 15 is 0 Å². The maximum atomic E-state index is 5.77. The highest BCUT2D eigenvalue weighted by Crippen LogP contribution is 2.17. The highest BCUT2D eigenvalue weighted by atomic mass is 16.5. The molecule has 0 bridgehead atoms. The van der Waals surface area contributed by atoms with E-state index in [4.69, 9.17) is 4.74 Å². The number of aliphatic imine (C=N–C) groups is 1. The van der Waals surface area contributed by atoms with Crippen molar-refractivity contribution < 1.29 is 4.74 Å². The first-order chi connectivity index (χ1) is 8.87. The highest BCUT2D eigenvalue weighted by Gasteiger charge is 2.10. The molecule has 1 N–H and O–H groups in total. The quantitative estimate of drug-likeness (QED) is 0.630. The molecule has 0 unspecified atom stereocenters. The van der Waals surface area contributed by atoms with Crippen LogP contribution in [0.25, 0.3) is 0 Å². The van der Waals surface area contributed by atoms with Crippen molar-refractivity contribution in [3.05, 3.63) is 29.8 Å². The number of hydrogen-bond acceptors (Lipinski definition) is 3. The Bertz CT molecular complexity index is 388. The molecule has 0 heterocycles. The molecule has 0 radical (unpaired) electrons. The lowest BCUT2D eigenvalue weighted by atomic mass is 10.2. The Hall–Kier alpha value is -1.35. The Balaban J connectivity index is 2.41. The second kappa shape index (κ2) is 7.29. The lowest BCUT2D eigenvalue weighted by molar-refractivity contribution is 0.131. The smallest absolute Gasteiger partial charge is 0.120 e. The molecule has 19 heavy (non-hydrogen) atoms. The summed E-state index contributed by atoms with van der Waals surface area (Å²) >= 11 is 0. The Labute approximate surface area is 117 Å². The molecule has 0 fully saturated rings. The largest absolute Gasteiger partial charge is 0.488 e. The van der Waals surface area contributed by atoms with Gasteiger partial charge < -0.3 is 10.1 Å². The number of benzene rings is 1. The molecular formula is C16H26N2O. The van der Waals surface area contributed by atoms with Gasteiger partial charge in [0.25, 0.3) is 0 Å². The summed E-state index contributed by atoms with van der Waals surface area (Å²) in [5, 5.41) is 3.33. The molecule has 3 nitrogen and oxygen atoms in total. The van der Waals surface area contributed by atoms with Crippen molar-refractivity contribution in [3.63, 3.8) is 0 Å². The van der Waals surface area contributed by atoms with Crippen LogP contribution in [0.2, 0.25) is 0 Å². The van der Waals surface area contributed by atoms with Crippen LogP contribution in [0.3, 0.4) is 0 Å². The van der Waals surface area contributed by atoms with E-state index in [-0.39, 0.29) is 5.60 Å². The summed E-state index contributed by atoms with van der Waals surface area (Å²) in [4.78, 5) is 4.39. The van der Waals surface area contributed by atoms with E-state index < -0.39 is 0 Å². The van der Waals surface area contributed by atoms with Gasteiger partial charge in [-0.3, -0.25) is 4.99 Å². The van der Waals surface area contributed by atoms with E-state index in [9.17, 15) is 0 Å². The van der Waals surface area contributed by atoms with Gasteiger partial charge in [0, 0.05) is 18.8 Å². The second-order valence-electron chi connectivity index (χ2n) is 5.93. The van der Waals surface area contributed by atoms with Crippen LogP contribution in [-0.2, 0) is 0 Å². The third kappa shape index (κ3) is 7.62. The number of nitrogens with one attached hydrogen (secondary N) is 1. The minimum Gasteiger partial charge on any atom is -0.488 e. The summed E-state index contributed by atoms with van der Waals surface area (Å²) in [6.45, 7) is 12.1. The number of rotatable bonds is 6. The molecule has 106 valence electrons. The van der Waals surface area contributed by atoms with Crippen molar-refractivity contribution in [2.75, 3.05) is 13.1 Å². The van der Waals surface area contributed by atoms with Crippen molar-refractivity contribution in [2.45, 2.75) is 46.3 Å². The van der Waals surface area contributed by atoms with Crippen LogP contribution >= 0.6 is 0 Å². The van der Waals surface area contributed by atoms with Crippen molar-refractivity contribution in [1.29, 1.82) is 0 Å². The van der Waals surface area contributed by atoms with E-state index in [0.29, 0.717) is 6.04 Å². The number of nitrogens with zero attached hydrogens (tertiary/aromatic N) is 1. The maximum absolute atomic E-state index is 5.77. The van der Waals surface area contributed by atoms with Gasteiger partial charge in [0.2, 0.25) is 0 Å². The van der Waals surface area contributed by atoms with Gasteiger partial charge in [-0.05, 0) is 50.6 Å². The number of hydrogen-bond donors (Lipinski definition) is 1. The van der Waals surface area contributed by atoms with Gasteiger partial charge >= 0.3 is 0 Å². The summed E-state index contributed by atoms with van der Waals surface area (Å²) in [6.07, 6.45) is 1.91. The molecule has 1 aromatic rings. The summed E-state index contributed by atoms with van der Waals surface area (Å²) < 4.78 is 5.77. The van der Waals surface area contributed by atoms with Crippen LogP contribution in [0.15, 0.2) is 29.3 Å². The molecule has 3 heteroatoms. The fourth-order valence-corrected chi connectivity index (χ4v) is 1.56. The van der Waals surface area contributed by atoms with Crippen LogP contribution in [0.5, 0.6) is 5.75 Å². The van der Waals surface area contributed by atoms with Crippen molar-refractivity contribution in [3.8, 4) is 5.75 Å². The van der Waals surface area contributed by atoms with Crippen molar-refractivity contribution >= 4 is 6.21 Å². The van der Waals surface area contributed by atoms with Gasteiger partial charge in [-0.15, -0.1) is 0 Å². The third-order valence-electron chi connectivity index (χ3n) is 2.34. The zero-order valence-electron chi connectivity index (χ0n) is 12.7. The lowest BCUT2D eigenvalue weighted by Crippen LogP contribution is -2.25.